The van der Waals surface area contributed by atoms with Crippen LogP contribution in [0.15, 0.2) is 48.7 Å². The molecule has 0 fully saturated rings. The van der Waals surface area contributed by atoms with Crippen LogP contribution in [0.2, 0.25) is 5.28 Å². The first-order chi connectivity index (χ1) is 10.3. The molecule has 0 aliphatic carbocycles. The first kappa shape index (κ1) is 12.6. The first-order valence-corrected chi connectivity index (χ1v) is 7.42. The summed E-state index contributed by atoms with van der Waals surface area (Å²) in [5.74, 6) is 0. The topological polar surface area (TPSA) is 29.0 Å². The van der Waals surface area contributed by atoms with Gasteiger partial charge in [-0.15, -0.1) is 0 Å². The summed E-state index contributed by atoms with van der Waals surface area (Å²) in [6, 6.07) is 14.9. The first-order valence-electron chi connectivity index (χ1n) is 7.04. The van der Waals surface area contributed by atoms with Crippen molar-refractivity contribution in [3.63, 3.8) is 0 Å². The van der Waals surface area contributed by atoms with Crippen LogP contribution in [0.25, 0.3) is 10.8 Å². The molecule has 1 aliphatic rings. The zero-order valence-corrected chi connectivity index (χ0v) is 12.2. The van der Waals surface area contributed by atoms with Crippen LogP contribution in [0.3, 0.4) is 0 Å². The molecule has 2 aromatic carbocycles. The summed E-state index contributed by atoms with van der Waals surface area (Å²) < 4.78 is 0. The van der Waals surface area contributed by atoms with Crippen LogP contribution in [0, 0.1) is 0 Å². The van der Waals surface area contributed by atoms with Crippen molar-refractivity contribution >= 4 is 28.1 Å². The number of aromatic nitrogens is 2. The molecule has 0 saturated heterocycles. The fourth-order valence-corrected chi connectivity index (χ4v) is 3.12. The van der Waals surface area contributed by atoms with Crippen molar-refractivity contribution in [3.8, 4) is 0 Å². The number of benzene rings is 2. The fourth-order valence-electron chi connectivity index (χ4n) is 2.97. The van der Waals surface area contributed by atoms with Crippen molar-refractivity contribution in [3.05, 3.63) is 65.2 Å². The van der Waals surface area contributed by atoms with E-state index in [0.717, 1.165) is 25.2 Å². The molecule has 0 radical (unpaired) electrons. The second-order valence-electron chi connectivity index (χ2n) is 5.28. The lowest BCUT2D eigenvalue weighted by Crippen LogP contribution is -2.31. The van der Waals surface area contributed by atoms with E-state index in [1.54, 1.807) is 0 Å². The molecule has 0 atom stereocenters. The summed E-state index contributed by atoms with van der Waals surface area (Å²) in [4.78, 5) is 10.8. The molecule has 4 heteroatoms. The lowest BCUT2D eigenvalue weighted by Gasteiger charge is -2.30. The van der Waals surface area contributed by atoms with Gasteiger partial charge in [-0.05, 0) is 35.0 Å². The lowest BCUT2D eigenvalue weighted by atomic mass is 10.0. The van der Waals surface area contributed by atoms with Crippen molar-refractivity contribution in [2.75, 3.05) is 11.4 Å². The molecule has 0 spiro atoms. The summed E-state index contributed by atoms with van der Waals surface area (Å²) >= 11 is 5.92. The van der Waals surface area contributed by atoms with Gasteiger partial charge in [0.15, 0.2) is 0 Å². The Bertz CT molecular complexity index is 811. The molecule has 3 nitrogen and oxygen atoms in total. The van der Waals surface area contributed by atoms with E-state index in [-0.39, 0.29) is 0 Å². The van der Waals surface area contributed by atoms with Gasteiger partial charge >= 0.3 is 0 Å². The maximum absolute atomic E-state index is 5.92. The fraction of sp³-hybridized carbons (Fsp3) is 0.176. The average molecular weight is 296 g/mol. The van der Waals surface area contributed by atoms with Crippen LogP contribution < -0.4 is 4.90 Å². The predicted molar refractivity (Wildman–Crippen MR) is 85.7 cm³/mol. The molecule has 104 valence electrons. The Morgan fingerprint density at radius 3 is 2.86 bits per heavy atom. The molecule has 0 N–H and O–H groups in total. The number of rotatable bonds is 1. The van der Waals surface area contributed by atoms with Gasteiger partial charge in [-0.25, -0.2) is 9.97 Å². The van der Waals surface area contributed by atoms with Crippen molar-refractivity contribution < 1.29 is 0 Å². The Morgan fingerprint density at radius 2 is 1.90 bits per heavy atom. The number of hydrogen-bond acceptors (Lipinski definition) is 3. The van der Waals surface area contributed by atoms with E-state index in [9.17, 15) is 0 Å². The summed E-state index contributed by atoms with van der Waals surface area (Å²) in [5, 5.41) is 2.87. The molecule has 1 aliphatic heterocycles. The number of anilines is 1. The highest BCUT2D eigenvalue weighted by Crippen LogP contribution is 2.30. The van der Waals surface area contributed by atoms with Gasteiger partial charge in [-0.3, -0.25) is 0 Å². The number of fused-ring (bicyclic) bond motifs is 2. The Hall–Kier alpha value is -2.13. The van der Waals surface area contributed by atoms with Crippen molar-refractivity contribution in [2.24, 2.45) is 0 Å². The molecule has 3 aromatic rings. The Kier molecular flexibility index (Phi) is 3.00. The van der Waals surface area contributed by atoms with Gasteiger partial charge in [0.2, 0.25) is 5.28 Å². The lowest BCUT2D eigenvalue weighted by molar-refractivity contribution is 0.706. The van der Waals surface area contributed by atoms with Crippen LogP contribution in [0.4, 0.5) is 5.69 Å². The Labute approximate surface area is 128 Å². The highest BCUT2D eigenvalue weighted by atomic mass is 35.5. The van der Waals surface area contributed by atoms with Crippen LogP contribution in [0.1, 0.15) is 11.3 Å². The van der Waals surface area contributed by atoms with Crippen molar-refractivity contribution in [1.29, 1.82) is 0 Å². The largest absolute Gasteiger partial charge is 0.365 e. The highest BCUT2D eigenvalue weighted by Gasteiger charge is 2.19. The second kappa shape index (κ2) is 5.01. The molecule has 0 saturated carbocycles. The van der Waals surface area contributed by atoms with E-state index in [4.69, 9.17) is 11.6 Å². The van der Waals surface area contributed by atoms with Gasteiger partial charge in [0, 0.05) is 23.8 Å². The number of hydrogen-bond donors (Lipinski definition) is 0. The van der Waals surface area contributed by atoms with E-state index in [2.05, 4.69) is 57.3 Å². The minimum atomic E-state index is 0.327. The molecule has 4 rings (SSSR count). The van der Waals surface area contributed by atoms with Gasteiger partial charge in [0.25, 0.3) is 0 Å². The average Bonchev–Trinajstić information content (AvgIpc) is 2.53. The SMILES string of the molecule is Clc1ncc2c(n1)CN(c1cccc3ccccc13)CC2. The number of nitrogens with zero attached hydrogens (tertiary/aromatic N) is 3. The number of halogens is 1. The van der Waals surface area contributed by atoms with Crippen LogP contribution in [-0.2, 0) is 13.0 Å². The van der Waals surface area contributed by atoms with Crippen LogP contribution >= 0.6 is 11.6 Å². The summed E-state index contributed by atoms with van der Waals surface area (Å²) in [6.07, 6.45) is 2.81. The molecule has 2 heterocycles. The van der Waals surface area contributed by atoms with E-state index in [1.165, 1.54) is 22.0 Å². The van der Waals surface area contributed by atoms with Crippen molar-refractivity contribution in [1.82, 2.24) is 9.97 Å². The van der Waals surface area contributed by atoms with E-state index in [0.29, 0.717) is 5.28 Å². The highest BCUT2D eigenvalue weighted by molar-refractivity contribution is 6.28. The minimum absolute atomic E-state index is 0.327. The molecule has 0 bridgehead atoms. The standard InChI is InChI=1S/C17H14ClN3/c18-17-19-10-13-8-9-21(11-15(13)20-17)16-7-3-5-12-4-1-2-6-14(12)16/h1-7,10H,8-9,11H2. The van der Waals surface area contributed by atoms with Gasteiger partial charge in [0.1, 0.15) is 0 Å². The molecule has 1 aromatic heterocycles. The van der Waals surface area contributed by atoms with E-state index in [1.807, 2.05) is 6.20 Å². The van der Waals surface area contributed by atoms with Crippen molar-refractivity contribution in [2.45, 2.75) is 13.0 Å². The zero-order valence-electron chi connectivity index (χ0n) is 11.5. The third kappa shape index (κ3) is 2.24. The molecular weight excluding hydrogens is 282 g/mol. The van der Waals surface area contributed by atoms with Crippen LogP contribution in [-0.4, -0.2) is 16.5 Å². The Balaban J connectivity index is 1.77. The minimum Gasteiger partial charge on any atom is -0.365 e. The van der Waals surface area contributed by atoms with Gasteiger partial charge in [-0.1, -0.05) is 36.4 Å². The molecule has 21 heavy (non-hydrogen) atoms. The second-order valence-corrected chi connectivity index (χ2v) is 5.62. The Morgan fingerprint density at radius 1 is 1.05 bits per heavy atom. The summed E-state index contributed by atoms with van der Waals surface area (Å²) in [7, 11) is 0. The zero-order chi connectivity index (χ0) is 14.2. The summed E-state index contributed by atoms with van der Waals surface area (Å²) in [5.41, 5.74) is 3.50. The monoisotopic (exact) mass is 295 g/mol. The molecule has 0 unspecified atom stereocenters. The van der Waals surface area contributed by atoms with Gasteiger partial charge in [0.05, 0.1) is 12.2 Å². The normalized spacial score (nSPS) is 14.2. The predicted octanol–water partition coefficient (Wildman–Crippen LogP) is 3.85. The maximum atomic E-state index is 5.92. The van der Waals surface area contributed by atoms with E-state index >= 15 is 0 Å². The quantitative estimate of drug-likeness (QED) is 0.639. The van der Waals surface area contributed by atoms with Crippen LogP contribution in [0.5, 0.6) is 0 Å². The molecular formula is C17H14ClN3. The van der Waals surface area contributed by atoms with E-state index < -0.39 is 0 Å². The van der Waals surface area contributed by atoms with Gasteiger partial charge < -0.3 is 4.90 Å². The summed E-state index contributed by atoms with van der Waals surface area (Å²) in [6.45, 7) is 1.76. The molecule has 0 amide bonds. The smallest absolute Gasteiger partial charge is 0.222 e. The third-order valence-electron chi connectivity index (χ3n) is 4.02. The third-order valence-corrected chi connectivity index (χ3v) is 4.21. The maximum Gasteiger partial charge on any atom is 0.222 e. The van der Waals surface area contributed by atoms with Gasteiger partial charge in [-0.2, -0.15) is 0 Å².